The topological polar surface area (TPSA) is 142 Å². The molecule has 3 N–H and O–H groups in total. The van der Waals surface area contributed by atoms with E-state index >= 15 is 8.78 Å². The molecule has 2 atom stereocenters. The highest BCUT2D eigenvalue weighted by Crippen LogP contribution is 2.42. The maximum atomic E-state index is 17.0. The maximum absolute atomic E-state index is 17.0. The van der Waals surface area contributed by atoms with E-state index in [1.807, 2.05) is 0 Å². The number of nitrogens with one attached hydrogen (secondary N) is 1. The van der Waals surface area contributed by atoms with Gasteiger partial charge in [-0.15, -0.1) is 0 Å². The first-order valence-electron chi connectivity index (χ1n) is 18.0. The number of aliphatic hydroxyl groups excluding tert-OH is 1. The second-order valence-electron chi connectivity index (χ2n) is 14.7. The smallest absolute Gasteiger partial charge is 0.319 e. The van der Waals surface area contributed by atoms with E-state index in [-0.39, 0.29) is 70.5 Å². The molecule has 3 fully saturated rings. The van der Waals surface area contributed by atoms with Crippen molar-refractivity contribution < 1.29 is 32.9 Å². The van der Waals surface area contributed by atoms with Crippen molar-refractivity contribution in [3.63, 3.8) is 0 Å². The minimum atomic E-state index is -0.972. The predicted molar refractivity (Wildman–Crippen MR) is 192 cm³/mol. The number of halogens is 3. The van der Waals surface area contributed by atoms with Crippen molar-refractivity contribution in [1.29, 1.82) is 0 Å². The average molecular weight is 731 g/mol. The number of carbonyl (C=O) groups is 1. The van der Waals surface area contributed by atoms with Gasteiger partial charge in [-0.1, -0.05) is 13.0 Å². The van der Waals surface area contributed by atoms with Crippen molar-refractivity contribution in [1.82, 2.24) is 34.5 Å². The fourth-order valence-electron chi connectivity index (χ4n) is 8.25. The monoisotopic (exact) mass is 730 g/mol. The minimum Gasteiger partial charge on any atom is -0.508 e. The molecular weight excluding hydrogens is 689 g/mol. The first-order chi connectivity index (χ1) is 25.4. The fourth-order valence-corrected chi connectivity index (χ4v) is 8.25. The van der Waals surface area contributed by atoms with Crippen molar-refractivity contribution in [3.8, 4) is 23.0 Å². The van der Waals surface area contributed by atoms with Gasteiger partial charge in [0.15, 0.2) is 11.5 Å². The number of rotatable bonds is 10. The summed E-state index contributed by atoms with van der Waals surface area (Å²) in [6, 6.07) is 7.16. The number of aryl methyl sites for hydroxylation is 1. The van der Waals surface area contributed by atoms with Crippen LogP contribution < -0.4 is 10.1 Å². The summed E-state index contributed by atoms with van der Waals surface area (Å²) in [4.78, 5) is 30.0. The Morgan fingerprint density at radius 3 is 2.74 bits per heavy atom. The third kappa shape index (κ3) is 6.18. The number of hydrogen-bond donors (Lipinski definition) is 3. The van der Waals surface area contributed by atoms with Gasteiger partial charge in [0, 0.05) is 38.8 Å². The van der Waals surface area contributed by atoms with Crippen molar-refractivity contribution >= 4 is 33.4 Å². The molecule has 5 heterocycles. The van der Waals surface area contributed by atoms with Crippen LogP contribution in [0.2, 0.25) is 0 Å². The van der Waals surface area contributed by atoms with E-state index in [1.165, 1.54) is 35.4 Å². The predicted octanol–water partition coefficient (Wildman–Crippen LogP) is 5.55. The maximum Gasteiger partial charge on any atom is 0.319 e. The molecule has 278 valence electrons. The van der Waals surface area contributed by atoms with Gasteiger partial charge in [-0.2, -0.15) is 15.1 Å². The largest absolute Gasteiger partial charge is 0.508 e. The zero-order valence-corrected chi connectivity index (χ0v) is 29.7. The van der Waals surface area contributed by atoms with Crippen molar-refractivity contribution in [2.45, 2.75) is 75.8 Å². The molecule has 0 spiro atoms. The van der Waals surface area contributed by atoms with E-state index in [0.29, 0.717) is 54.3 Å². The number of phenols is 1. The van der Waals surface area contributed by atoms with Crippen molar-refractivity contribution in [2.24, 2.45) is 0 Å². The number of pyridine rings is 1. The summed E-state index contributed by atoms with van der Waals surface area (Å²) in [6.07, 6.45) is 3.28. The molecule has 5 aromatic rings. The molecule has 2 aromatic carbocycles. The van der Waals surface area contributed by atoms with E-state index in [4.69, 9.17) is 4.74 Å². The fraction of sp³-hybridized carbons (Fsp3) is 0.447. The zero-order valence-electron chi connectivity index (χ0n) is 29.7. The van der Waals surface area contributed by atoms with Gasteiger partial charge >= 0.3 is 6.01 Å². The van der Waals surface area contributed by atoms with Crippen LogP contribution in [0.5, 0.6) is 11.8 Å². The lowest BCUT2D eigenvalue weighted by Gasteiger charge is -2.32. The van der Waals surface area contributed by atoms with Gasteiger partial charge in [-0.25, -0.2) is 13.2 Å². The van der Waals surface area contributed by atoms with Crippen LogP contribution in [0.15, 0.2) is 36.5 Å². The Kier molecular flexibility index (Phi) is 8.88. The molecule has 0 unspecified atom stereocenters. The van der Waals surface area contributed by atoms with Crippen molar-refractivity contribution in [2.75, 3.05) is 39.1 Å². The molecule has 53 heavy (non-hydrogen) atoms. The number of ether oxygens (including phenoxy) is 1. The molecule has 8 rings (SSSR count). The van der Waals surface area contributed by atoms with Crippen LogP contribution in [0.1, 0.15) is 66.8 Å². The molecule has 15 heteroatoms. The summed E-state index contributed by atoms with van der Waals surface area (Å²) in [5, 5.41) is 29.7. The summed E-state index contributed by atoms with van der Waals surface area (Å²) < 4.78 is 54.5. The molecule has 12 nitrogen and oxygen atoms in total. The average Bonchev–Trinajstić information content (AvgIpc) is 3.80. The summed E-state index contributed by atoms with van der Waals surface area (Å²) in [6.45, 7) is 3.13. The number of nitrogens with zero attached hydrogens (tertiary/aromatic N) is 7. The van der Waals surface area contributed by atoms with Gasteiger partial charge in [0.25, 0.3) is 5.91 Å². The van der Waals surface area contributed by atoms with Gasteiger partial charge in [0.05, 0.1) is 35.3 Å². The number of amides is 1. The number of aliphatic hydroxyl groups is 1. The first kappa shape index (κ1) is 35.0. The first-order valence-corrected chi connectivity index (χ1v) is 18.0. The van der Waals surface area contributed by atoms with Crippen LogP contribution in [-0.2, 0) is 13.0 Å². The van der Waals surface area contributed by atoms with Crippen LogP contribution in [0.25, 0.3) is 32.9 Å². The van der Waals surface area contributed by atoms with Crippen LogP contribution in [0, 0.1) is 11.6 Å². The Labute approximate surface area is 303 Å². The quantitative estimate of drug-likeness (QED) is 0.168. The summed E-state index contributed by atoms with van der Waals surface area (Å²) in [5.74, 6) is -1.50. The number of aromatic hydroxyl groups is 1. The molecule has 1 aliphatic carbocycles. The molecule has 2 aliphatic heterocycles. The lowest BCUT2D eigenvalue weighted by Crippen LogP contribution is -2.43. The van der Waals surface area contributed by atoms with Gasteiger partial charge < -0.3 is 25.2 Å². The number of alkyl halides is 1. The van der Waals surface area contributed by atoms with E-state index < -0.39 is 29.4 Å². The van der Waals surface area contributed by atoms with Gasteiger partial charge in [0.1, 0.15) is 41.4 Å². The highest BCUT2D eigenvalue weighted by molar-refractivity contribution is 6.01. The molecule has 1 amide bonds. The number of benzene rings is 2. The Balaban J connectivity index is 1.22. The Morgan fingerprint density at radius 1 is 1.17 bits per heavy atom. The molecular formula is C38H41F3N8O4. The summed E-state index contributed by atoms with van der Waals surface area (Å²) in [7, 11) is 3.28. The Morgan fingerprint density at radius 2 is 1.98 bits per heavy atom. The molecule has 1 saturated carbocycles. The van der Waals surface area contributed by atoms with Crippen LogP contribution in [-0.4, -0.2) is 102 Å². The second-order valence-corrected chi connectivity index (χ2v) is 14.7. The SMILES string of the molecule is CCc1c(F)ccc2cc(O)cc(-c3ncc4c(NCc5cc(C(=O)N(C)C)nn5[C@H]5C[C@H](O)C5)nc(OC[C@@]56CCCN5C[C@H](F)C6)nc4c3F)c12. The van der Waals surface area contributed by atoms with Crippen LogP contribution >= 0.6 is 0 Å². The summed E-state index contributed by atoms with van der Waals surface area (Å²) >= 11 is 0. The van der Waals surface area contributed by atoms with E-state index in [9.17, 15) is 19.4 Å². The summed E-state index contributed by atoms with van der Waals surface area (Å²) in [5.41, 5.74) is 0.681. The lowest BCUT2D eigenvalue weighted by atomic mass is 9.89. The highest BCUT2D eigenvalue weighted by atomic mass is 19.1. The molecule has 3 aromatic heterocycles. The number of anilines is 1. The normalized spacial score (nSPS) is 22.7. The minimum absolute atomic E-state index is 0.109. The standard InChI is InChI=1S/C38H41F3N8O4/c1-4-26-29(40)7-6-20-10-24(50)14-27(31(20)26)33-32(41)34-28(17-42-33)35(45-37(44-34)53-19-38-8-5-9-48(38)18-21(39)15-38)43-16-23-13-30(36(52)47(2)3)46-49(23)22-11-25(51)12-22/h6-7,10,13-14,17,21-22,25,50-51H,4-5,8-9,11-12,15-16,18-19H2,1-3H3,(H,43,44,45)/t21-,22-,25-,38+/m1/s1. The third-order valence-corrected chi connectivity index (χ3v) is 11.0. The van der Waals surface area contributed by atoms with E-state index in [0.717, 1.165) is 19.4 Å². The van der Waals surface area contributed by atoms with E-state index in [1.54, 1.807) is 31.8 Å². The molecule has 2 saturated heterocycles. The van der Waals surface area contributed by atoms with Crippen molar-refractivity contribution in [3.05, 3.63) is 65.1 Å². The molecule has 0 bridgehead atoms. The zero-order chi connectivity index (χ0) is 37.2. The van der Waals surface area contributed by atoms with Gasteiger partial charge in [-0.05, 0) is 79.3 Å². The molecule has 3 aliphatic rings. The number of hydrogen-bond acceptors (Lipinski definition) is 10. The molecule has 0 radical (unpaired) electrons. The van der Waals surface area contributed by atoms with Gasteiger partial charge in [-0.3, -0.25) is 19.4 Å². The Hall–Kier alpha value is -5.02. The second kappa shape index (κ2) is 13.4. The number of phenolic OH excluding ortho intramolecular Hbond substituents is 1. The lowest BCUT2D eigenvalue weighted by molar-refractivity contribution is 0.0420. The van der Waals surface area contributed by atoms with E-state index in [2.05, 4.69) is 30.3 Å². The number of fused-ring (bicyclic) bond motifs is 3. The number of carbonyl (C=O) groups excluding carboxylic acids is 1. The third-order valence-electron chi connectivity index (χ3n) is 11.0. The van der Waals surface area contributed by atoms with Crippen LogP contribution in [0.3, 0.4) is 0 Å². The van der Waals surface area contributed by atoms with Crippen LogP contribution in [0.4, 0.5) is 19.0 Å². The van der Waals surface area contributed by atoms with Gasteiger partial charge in [0.2, 0.25) is 0 Å². The highest BCUT2D eigenvalue weighted by Gasteiger charge is 2.49. The number of aromatic nitrogens is 5. The Bertz CT molecular complexity index is 2240.